The second kappa shape index (κ2) is 7.92. The Morgan fingerprint density at radius 3 is 2.50 bits per heavy atom. The third-order valence-corrected chi connectivity index (χ3v) is 6.31. The van der Waals surface area contributed by atoms with Gasteiger partial charge in [0, 0.05) is 36.0 Å². The molecule has 1 heterocycles. The van der Waals surface area contributed by atoms with E-state index in [1.165, 1.54) is 27.7 Å². The summed E-state index contributed by atoms with van der Waals surface area (Å²) in [6, 6.07) is 19.0. The number of para-hydroxylation sites is 1. The molecule has 0 aliphatic heterocycles. The molecular weight excluding hydrogens is 344 g/mol. The Hall–Kier alpha value is -2.39. The highest BCUT2D eigenvalue weighted by molar-refractivity contribution is 5.93. The number of nitrogens with zero attached hydrogens (tertiary/aromatic N) is 1. The molecule has 0 spiro atoms. The largest absolute Gasteiger partial charge is 0.358 e. The van der Waals surface area contributed by atoms with Crippen molar-refractivity contribution in [3.8, 4) is 0 Å². The van der Waals surface area contributed by atoms with E-state index in [-0.39, 0.29) is 0 Å². The number of fused-ring (bicyclic) bond motifs is 1. The van der Waals surface area contributed by atoms with E-state index in [2.05, 4.69) is 72.5 Å². The second-order valence-electron chi connectivity index (χ2n) is 8.44. The number of hydrogen-bond donors (Lipinski definition) is 1. The minimum atomic E-state index is -0.392. The molecule has 3 nitrogen and oxygen atoms in total. The fourth-order valence-electron chi connectivity index (χ4n) is 4.75. The molecule has 1 aromatic heterocycles. The summed E-state index contributed by atoms with van der Waals surface area (Å²) in [6.45, 7) is 0.992. The molecule has 1 aliphatic rings. The number of rotatable bonds is 6. The van der Waals surface area contributed by atoms with Gasteiger partial charge in [-0.15, -0.1) is 0 Å². The van der Waals surface area contributed by atoms with Gasteiger partial charge in [-0.2, -0.15) is 0 Å². The zero-order valence-electron chi connectivity index (χ0n) is 17.0. The summed E-state index contributed by atoms with van der Waals surface area (Å²) in [5.74, 6) is 0.411. The first kappa shape index (κ1) is 18.9. The lowest BCUT2D eigenvalue weighted by atomic mass is 9.65. The second-order valence-corrected chi connectivity index (χ2v) is 8.44. The highest BCUT2D eigenvalue weighted by Gasteiger charge is 2.42. The van der Waals surface area contributed by atoms with Crippen LogP contribution in [0, 0.1) is 0 Å². The van der Waals surface area contributed by atoms with Crippen molar-refractivity contribution in [2.45, 2.75) is 43.9 Å². The number of ketones is 1. The molecule has 4 rings (SSSR count). The highest BCUT2D eigenvalue weighted by atomic mass is 16.1. The molecule has 3 heteroatoms. The lowest BCUT2D eigenvalue weighted by molar-refractivity contribution is -0.126. The quantitative estimate of drug-likeness (QED) is 0.666. The van der Waals surface area contributed by atoms with Crippen molar-refractivity contribution in [1.29, 1.82) is 0 Å². The van der Waals surface area contributed by atoms with Gasteiger partial charge in [0.15, 0.2) is 0 Å². The Morgan fingerprint density at radius 2 is 1.75 bits per heavy atom. The van der Waals surface area contributed by atoms with Crippen molar-refractivity contribution in [2.75, 3.05) is 20.6 Å². The minimum absolute atomic E-state index is 0.392. The molecule has 28 heavy (non-hydrogen) atoms. The van der Waals surface area contributed by atoms with Gasteiger partial charge in [-0.1, -0.05) is 55.0 Å². The predicted octanol–water partition coefficient (Wildman–Crippen LogP) is 4.90. The average molecular weight is 375 g/mol. The van der Waals surface area contributed by atoms with E-state index in [1.807, 2.05) is 6.07 Å². The molecule has 2 aromatic carbocycles. The molecule has 0 bridgehead atoms. The number of nitrogens with one attached hydrogen (secondary N) is 1. The maximum atomic E-state index is 13.3. The normalized spacial score (nSPS) is 20.2. The number of hydrogen-bond acceptors (Lipinski definition) is 2. The topological polar surface area (TPSA) is 36.1 Å². The summed E-state index contributed by atoms with van der Waals surface area (Å²) >= 11 is 0. The van der Waals surface area contributed by atoms with Gasteiger partial charge in [0.2, 0.25) is 0 Å². The van der Waals surface area contributed by atoms with Gasteiger partial charge in [0.05, 0.1) is 5.41 Å². The van der Waals surface area contributed by atoms with E-state index >= 15 is 0 Å². The van der Waals surface area contributed by atoms with Crippen molar-refractivity contribution >= 4 is 16.7 Å². The summed E-state index contributed by atoms with van der Waals surface area (Å²) in [5.41, 5.74) is 4.58. The SMILES string of the molecule is CN(C)CCc1[nH]c2ccccc2c1C[C@]1(c2ccccc2)CCCCC1=O. The van der Waals surface area contributed by atoms with Crippen molar-refractivity contribution in [3.05, 3.63) is 71.4 Å². The average Bonchev–Trinajstić information content (AvgIpc) is 3.06. The minimum Gasteiger partial charge on any atom is -0.358 e. The highest BCUT2D eigenvalue weighted by Crippen LogP contribution is 2.41. The van der Waals surface area contributed by atoms with E-state index in [9.17, 15) is 4.79 Å². The molecule has 1 atom stereocenters. The summed E-state index contributed by atoms with van der Waals surface area (Å²) in [6.07, 6.45) is 5.55. The van der Waals surface area contributed by atoms with Crippen LogP contribution in [0.4, 0.5) is 0 Å². The standard InChI is InChI=1S/C25H30N2O/c1-27(2)17-15-23-21(20-12-6-7-13-22(20)26-23)18-25(16-9-8-14-24(25)28)19-10-4-3-5-11-19/h3-7,10-13,26H,8-9,14-18H2,1-2H3/t25-/m0/s1. The molecule has 146 valence electrons. The third kappa shape index (κ3) is 3.51. The molecule has 0 radical (unpaired) electrons. The molecule has 1 aliphatic carbocycles. The molecule has 1 fully saturated rings. The number of aromatic nitrogens is 1. The first-order chi connectivity index (χ1) is 13.6. The number of H-pyrrole nitrogens is 1. The van der Waals surface area contributed by atoms with Gasteiger partial charge in [0.1, 0.15) is 5.78 Å². The maximum Gasteiger partial charge on any atom is 0.143 e. The van der Waals surface area contributed by atoms with Crippen molar-refractivity contribution in [2.24, 2.45) is 0 Å². The third-order valence-electron chi connectivity index (χ3n) is 6.31. The number of likely N-dealkylation sites (N-methyl/N-ethyl adjacent to an activating group) is 1. The van der Waals surface area contributed by atoms with Gasteiger partial charge in [-0.25, -0.2) is 0 Å². The molecule has 3 aromatic rings. The first-order valence-electron chi connectivity index (χ1n) is 10.4. The zero-order valence-corrected chi connectivity index (χ0v) is 17.0. The number of aromatic amines is 1. The Balaban J connectivity index is 1.81. The van der Waals surface area contributed by atoms with Crippen LogP contribution in [0.5, 0.6) is 0 Å². The van der Waals surface area contributed by atoms with E-state index in [0.717, 1.165) is 38.6 Å². The van der Waals surface area contributed by atoms with Gasteiger partial charge in [-0.05, 0) is 50.6 Å². The lowest BCUT2D eigenvalue weighted by Gasteiger charge is -2.37. The van der Waals surface area contributed by atoms with E-state index in [1.54, 1.807) is 0 Å². The van der Waals surface area contributed by atoms with Crippen LogP contribution in [0.1, 0.15) is 42.5 Å². The summed E-state index contributed by atoms with van der Waals surface area (Å²) in [5, 5.41) is 1.27. The molecular formula is C25H30N2O. The van der Waals surface area contributed by atoms with Gasteiger partial charge >= 0.3 is 0 Å². The molecule has 1 N–H and O–H groups in total. The van der Waals surface area contributed by atoms with Crippen LogP contribution in [0.15, 0.2) is 54.6 Å². The van der Waals surface area contributed by atoms with Gasteiger partial charge in [-0.3, -0.25) is 4.79 Å². The van der Waals surface area contributed by atoms with Crippen LogP contribution < -0.4 is 0 Å². The number of carbonyl (C=O) groups excluding carboxylic acids is 1. The molecule has 0 amide bonds. The Bertz CT molecular complexity index is 957. The van der Waals surface area contributed by atoms with Crippen LogP contribution in [-0.4, -0.2) is 36.3 Å². The summed E-state index contributed by atoms with van der Waals surface area (Å²) in [7, 11) is 4.22. The van der Waals surface area contributed by atoms with E-state index < -0.39 is 5.41 Å². The van der Waals surface area contributed by atoms with Crippen LogP contribution in [0.25, 0.3) is 10.9 Å². The Kier molecular flexibility index (Phi) is 5.36. The maximum absolute atomic E-state index is 13.3. The van der Waals surface area contributed by atoms with Crippen molar-refractivity contribution < 1.29 is 4.79 Å². The smallest absolute Gasteiger partial charge is 0.143 e. The summed E-state index contributed by atoms with van der Waals surface area (Å²) in [4.78, 5) is 19.2. The first-order valence-corrected chi connectivity index (χ1v) is 10.4. The number of carbonyl (C=O) groups is 1. The fraction of sp³-hybridized carbons (Fsp3) is 0.400. The molecule has 0 saturated heterocycles. The van der Waals surface area contributed by atoms with Crippen LogP contribution >= 0.6 is 0 Å². The van der Waals surface area contributed by atoms with Crippen molar-refractivity contribution in [1.82, 2.24) is 9.88 Å². The van der Waals surface area contributed by atoms with Crippen molar-refractivity contribution in [3.63, 3.8) is 0 Å². The predicted molar refractivity (Wildman–Crippen MR) is 116 cm³/mol. The van der Waals surface area contributed by atoms with Gasteiger partial charge in [0.25, 0.3) is 0 Å². The zero-order chi connectivity index (χ0) is 19.6. The van der Waals surface area contributed by atoms with Crippen LogP contribution in [-0.2, 0) is 23.1 Å². The van der Waals surface area contributed by atoms with Crippen LogP contribution in [0.2, 0.25) is 0 Å². The number of Topliss-reactive ketones (excluding diaryl/α,β-unsaturated/α-hetero) is 1. The number of benzene rings is 2. The Morgan fingerprint density at radius 1 is 1.00 bits per heavy atom. The fourth-order valence-corrected chi connectivity index (χ4v) is 4.75. The van der Waals surface area contributed by atoms with E-state index in [4.69, 9.17) is 0 Å². The van der Waals surface area contributed by atoms with Gasteiger partial charge < -0.3 is 9.88 Å². The Labute approximate surface area is 167 Å². The molecule has 1 saturated carbocycles. The monoisotopic (exact) mass is 374 g/mol. The van der Waals surface area contributed by atoms with E-state index in [0.29, 0.717) is 12.2 Å². The summed E-state index contributed by atoms with van der Waals surface area (Å²) < 4.78 is 0. The van der Waals surface area contributed by atoms with Crippen LogP contribution in [0.3, 0.4) is 0 Å². The molecule has 0 unspecified atom stereocenters. The lowest BCUT2D eigenvalue weighted by Crippen LogP contribution is -2.41.